The topological polar surface area (TPSA) is 26.0 Å². The van der Waals surface area contributed by atoms with Crippen molar-refractivity contribution < 1.29 is 0 Å². The molecule has 0 aliphatic rings. The summed E-state index contributed by atoms with van der Waals surface area (Å²) in [5.74, 6) is 0. The summed E-state index contributed by atoms with van der Waals surface area (Å²) in [7, 11) is 0. The Morgan fingerprint density at radius 2 is 1.53 bits per heavy atom. The normalized spacial score (nSPS) is 12.5. The summed E-state index contributed by atoms with van der Waals surface area (Å²) in [6.45, 7) is 1.97. The van der Waals surface area contributed by atoms with Gasteiger partial charge < -0.3 is 5.73 Å². The summed E-state index contributed by atoms with van der Waals surface area (Å²) in [5, 5.41) is 1.45. The number of nitrogens with two attached hydrogens (primary N) is 1. The van der Waals surface area contributed by atoms with E-state index < -0.39 is 0 Å². The Labute approximate surface area is 111 Å². The molecule has 0 aromatic heterocycles. The summed E-state index contributed by atoms with van der Waals surface area (Å²) < 4.78 is 0. The van der Waals surface area contributed by atoms with Crippen LogP contribution >= 0.6 is 23.2 Å². The van der Waals surface area contributed by atoms with E-state index in [2.05, 4.69) is 0 Å². The molecule has 2 N–H and O–H groups in total. The quantitative estimate of drug-likeness (QED) is 0.859. The second-order valence-electron chi connectivity index (χ2n) is 4.04. The third-order valence-corrected chi connectivity index (χ3v) is 3.44. The van der Waals surface area contributed by atoms with Crippen molar-refractivity contribution in [3.63, 3.8) is 0 Å². The molecule has 1 atom stereocenters. The van der Waals surface area contributed by atoms with Gasteiger partial charge in [0.2, 0.25) is 0 Å². The summed E-state index contributed by atoms with van der Waals surface area (Å²) >= 11 is 11.9. The van der Waals surface area contributed by atoms with Gasteiger partial charge in [-0.3, -0.25) is 0 Å². The van der Waals surface area contributed by atoms with Gasteiger partial charge >= 0.3 is 0 Å². The van der Waals surface area contributed by atoms with Gasteiger partial charge in [0.05, 0.1) is 6.04 Å². The van der Waals surface area contributed by atoms with Crippen LogP contribution in [0.1, 0.15) is 22.7 Å². The maximum atomic E-state index is 6.18. The standard InChI is InChI=1S/C14H13Cl2N/c1-9-2-3-11(8-13(9)16)14(17)10-4-6-12(15)7-5-10/h2-8,14H,17H2,1H3. The molecule has 1 nitrogen and oxygen atoms in total. The largest absolute Gasteiger partial charge is 0.320 e. The molecule has 0 aliphatic carbocycles. The molecule has 0 radical (unpaired) electrons. The van der Waals surface area contributed by atoms with E-state index in [0.29, 0.717) is 5.02 Å². The molecule has 3 heteroatoms. The first-order chi connectivity index (χ1) is 8.08. The van der Waals surface area contributed by atoms with Gasteiger partial charge in [-0.25, -0.2) is 0 Å². The van der Waals surface area contributed by atoms with Crippen LogP contribution in [0, 0.1) is 6.92 Å². The molecule has 0 heterocycles. The van der Waals surface area contributed by atoms with Crippen LogP contribution in [-0.2, 0) is 0 Å². The van der Waals surface area contributed by atoms with Crippen LogP contribution in [0.4, 0.5) is 0 Å². The van der Waals surface area contributed by atoms with E-state index in [1.54, 1.807) is 0 Å². The van der Waals surface area contributed by atoms with Gasteiger partial charge in [-0.2, -0.15) is 0 Å². The van der Waals surface area contributed by atoms with Crippen LogP contribution in [0.2, 0.25) is 10.0 Å². The molecule has 2 aromatic rings. The Morgan fingerprint density at radius 3 is 2.12 bits per heavy atom. The van der Waals surface area contributed by atoms with Crippen molar-refractivity contribution in [2.24, 2.45) is 5.73 Å². The van der Waals surface area contributed by atoms with Crippen LogP contribution in [0.25, 0.3) is 0 Å². The molecular formula is C14H13Cl2N. The van der Waals surface area contributed by atoms with E-state index >= 15 is 0 Å². The molecule has 17 heavy (non-hydrogen) atoms. The fourth-order valence-corrected chi connectivity index (χ4v) is 1.98. The molecule has 88 valence electrons. The lowest BCUT2D eigenvalue weighted by molar-refractivity contribution is 0.871. The number of halogens is 2. The van der Waals surface area contributed by atoms with E-state index in [-0.39, 0.29) is 6.04 Å². The molecule has 1 unspecified atom stereocenters. The molecule has 0 fully saturated rings. The van der Waals surface area contributed by atoms with Crippen molar-refractivity contribution in [2.45, 2.75) is 13.0 Å². The lowest BCUT2D eigenvalue weighted by Gasteiger charge is -2.13. The minimum atomic E-state index is -0.176. The first-order valence-corrected chi connectivity index (χ1v) is 6.10. The highest BCUT2D eigenvalue weighted by molar-refractivity contribution is 6.31. The van der Waals surface area contributed by atoms with Crippen LogP contribution in [-0.4, -0.2) is 0 Å². The van der Waals surface area contributed by atoms with Crippen molar-refractivity contribution >= 4 is 23.2 Å². The van der Waals surface area contributed by atoms with Crippen molar-refractivity contribution in [3.8, 4) is 0 Å². The lowest BCUT2D eigenvalue weighted by atomic mass is 9.99. The molecule has 0 saturated carbocycles. The number of hydrogen-bond donors (Lipinski definition) is 1. The number of aryl methyl sites for hydroxylation is 1. The molecule has 0 spiro atoms. The van der Waals surface area contributed by atoms with Crippen LogP contribution in [0.5, 0.6) is 0 Å². The van der Waals surface area contributed by atoms with Crippen molar-refractivity contribution in [1.29, 1.82) is 0 Å². The van der Waals surface area contributed by atoms with Gasteiger partial charge in [-0.05, 0) is 41.8 Å². The predicted molar refractivity (Wildman–Crippen MR) is 73.7 cm³/mol. The molecular weight excluding hydrogens is 253 g/mol. The van der Waals surface area contributed by atoms with E-state index in [1.165, 1.54) is 0 Å². The van der Waals surface area contributed by atoms with Gasteiger partial charge in [0.15, 0.2) is 0 Å². The maximum Gasteiger partial charge on any atom is 0.0552 e. The van der Waals surface area contributed by atoms with Gasteiger partial charge in [0.25, 0.3) is 0 Å². The zero-order valence-electron chi connectivity index (χ0n) is 9.45. The fourth-order valence-electron chi connectivity index (χ4n) is 1.67. The molecule has 0 bridgehead atoms. The van der Waals surface area contributed by atoms with Crippen molar-refractivity contribution in [1.82, 2.24) is 0 Å². The zero-order chi connectivity index (χ0) is 12.4. The minimum Gasteiger partial charge on any atom is -0.320 e. The van der Waals surface area contributed by atoms with Crippen molar-refractivity contribution in [2.75, 3.05) is 0 Å². The fraction of sp³-hybridized carbons (Fsp3) is 0.143. The van der Waals surface area contributed by atoms with E-state index in [1.807, 2.05) is 49.4 Å². The SMILES string of the molecule is Cc1ccc(C(N)c2ccc(Cl)cc2)cc1Cl. The maximum absolute atomic E-state index is 6.18. The third-order valence-electron chi connectivity index (χ3n) is 2.78. The monoisotopic (exact) mass is 265 g/mol. The average Bonchev–Trinajstić information content (AvgIpc) is 2.33. The number of rotatable bonds is 2. The molecule has 2 rings (SSSR count). The lowest BCUT2D eigenvalue weighted by Crippen LogP contribution is -2.11. The van der Waals surface area contributed by atoms with Gasteiger partial charge in [-0.15, -0.1) is 0 Å². The Morgan fingerprint density at radius 1 is 0.941 bits per heavy atom. The summed E-state index contributed by atoms with van der Waals surface area (Å²) in [5.41, 5.74) is 9.26. The van der Waals surface area contributed by atoms with E-state index in [9.17, 15) is 0 Å². The highest BCUT2D eigenvalue weighted by atomic mass is 35.5. The average molecular weight is 266 g/mol. The number of benzene rings is 2. The smallest absolute Gasteiger partial charge is 0.0552 e. The Bertz CT molecular complexity index is 520. The Hall–Kier alpha value is -1.02. The molecule has 0 saturated heterocycles. The van der Waals surface area contributed by atoms with Crippen LogP contribution in [0.15, 0.2) is 42.5 Å². The van der Waals surface area contributed by atoms with Gasteiger partial charge in [0, 0.05) is 10.0 Å². The minimum absolute atomic E-state index is 0.176. The Balaban J connectivity index is 2.33. The van der Waals surface area contributed by atoms with Gasteiger partial charge in [0.1, 0.15) is 0 Å². The summed E-state index contributed by atoms with van der Waals surface area (Å²) in [6, 6.07) is 13.3. The predicted octanol–water partition coefficient (Wildman–Crippen LogP) is 4.35. The summed E-state index contributed by atoms with van der Waals surface area (Å²) in [4.78, 5) is 0. The molecule has 2 aromatic carbocycles. The van der Waals surface area contributed by atoms with Gasteiger partial charge in [-0.1, -0.05) is 47.5 Å². The highest BCUT2D eigenvalue weighted by Gasteiger charge is 2.09. The van der Waals surface area contributed by atoms with E-state index in [4.69, 9.17) is 28.9 Å². The zero-order valence-corrected chi connectivity index (χ0v) is 11.0. The van der Waals surface area contributed by atoms with Crippen molar-refractivity contribution in [3.05, 3.63) is 69.2 Å². The summed E-state index contributed by atoms with van der Waals surface area (Å²) in [6.07, 6.45) is 0. The first kappa shape index (κ1) is 12.4. The van der Waals surface area contributed by atoms with E-state index in [0.717, 1.165) is 21.7 Å². The van der Waals surface area contributed by atoms with Crippen LogP contribution in [0.3, 0.4) is 0 Å². The Kier molecular flexibility index (Phi) is 3.72. The molecule has 0 amide bonds. The first-order valence-electron chi connectivity index (χ1n) is 5.35. The molecule has 0 aliphatic heterocycles. The number of hydrogen-bond acceptors (Lipinski definition) is 1. The highest BCUT2D eigenvalue weighted by Crippen LogP contribution is 2.25. The third kappa shape index (κ3) is 2.81. The van der Waals surface area contributed by atoms with Crippen LogP contribution < -0.4 is 5.73 Å². The second kappa shape index (κ2) is 5.09. The second-order valence-corrected chi connectivity index (χ2v) is 4.88.